The third kappa shape index (κ3) is 3.44. The highest BCUT2D eigenvalue weighted by atomic mass is 16.5. The van der Waals surface area contributed by atoms with E-state index in [1.54, 1.807) is 0 Å². The molecular weight excluding hydrogens is 200 g/mol. The summed E-state index contributed by atoms with van der Waals surface area (Å²) in [6.07, 6.45) is 7.83. The quantitative estimate of drug-likeness (QED) is 0.791. The Bertz CT molecular complexity index is 190. The van der Waals surface area contributed by atoms with Gasteiger partial charge in [-0.2, -0.15) is 0 Å². The molecule has 0 spiro atoms. The van der Waals surface area contributed by atoms with Gasteiger partial charge in [0, 0.05) is 25.8 Å². The number of likely N-dealkylation sites (tertiary alicyclic amines) is 1. The molecule has 0 aromatic heterocycles. The van der Waals surface area contributed by atoms with Crippen molar-refractivity contribution in [3.05, 3.63) is 0 Å². The molecule has 0 aliphatic carbocycles. The standard InChI is InChI=1S/C13H26N2O/c14-7-4-13-3-1-2-8-15(13)11-12-5-9-16-10-6-12/h12-13H,1-11,14H2. The van der Waals surface area contributed by atoms with Crippen LogP contribution in [-0.4, -0.2) is 43.8 Å². The van der Waals surface area contributed by atoms with E-state index in [4.69, 9.17) is 10.5 Å². The topological polar surface area (TPSA) is 38.5 Å². The van der Waals surface area contributed by atoms with Crippen LogP contribution in [0, 0.1) is 5.92 Å². The minimum atomic E-state index is 0.765. The first-order valence-electron chi connectivity index (χ1n) is 6.92. The van der Waals surface area contributed by atoms with Crippen molar-refractivity contribution in [2.24, 2.45) is 11.7 Å². The second-order valence-corrected chi connectivity index (χ2v) is 5.28. The Labute approximate surface area is 99.3 Å². The molecule has 3 nitrogen and oxygen atoms in total. The molecule has 2 heterocycles. The Morgan fingerprint density at radius 1 is 1.12 bits per heavy atom. The molecule has 2 saturated heterocycles. The summed E-state index contributed by atoms with van der Waals surface area (Å²) >= 11 is 0. The van der Waals surface area contributed by atoms with E-state index < -0.39 is 0 Å². The van der Waals surface area contributed by atoms with Crippen molar-refractivity contribution < 1.29 is 4.74 Å². The van der Waals surface area contributed by atoms with Crippen molar-refractivity contribution >= 4 is 0 Å². The molecule has 0 aromatic rings. The molecule has 0 aromatic carbocycles. The lowest BCUT2D eigenvalue weighted by atomic mass is 9.94. The lowest BCUT2D eigenvalue weighted by molar-refractivity contribution is 0.0376. The highest BCUT2D eigenvalue weighted by Gasteiger charge is 2.25. The number of piperidine rings is 1. The average Bonchev–Trinajstić information content (AvgIpc) is 2.33. The second kappa shape index (κ2) is 6.58. The van der Waals surface area contributed by atoms with E-state index in [2.05, 4.69) is 4.90 Å². The number of hydrogen-bond acceptors (Lipinski definition) is 3. The van der Waals surface area contributed by atoms with Gasteiger partial charge in [-0.3, -0.25) is 0 Å². The summed E-state index contributed by atoms with van der Waals surface area (Å²) in [6.45, 7) is 5.37. The van der Waals surface area contributed by atoms with Gasteiger partial charge in [0.25, 0.3) is 0 Å². The average molecular weight is 226 g/mol. The Balaban J connectivity index is 1.80. The van der Waals surface area contributed by atoms with E-state index in [1.807, 2.05) is 0 Å². The molecule has 1 unspecified atom stereocenters. The van der Waals surface area contributed by atoms with Crippen molar-refractivity contribution in [1.29, 1.82) is 0 Å². The number of nitrogens with zero attached hydrogens (tertiary/aromatic N) is 1. The maximum Gasteiger partial charge on any atom is 0.0469 e. The van der Waals surface area contributed by atoms with Gasteiger partial charge in [-0.15, -0.1) is 0 Å². The molecule has 0 bridgehead atoms. The molecule has 2 aliphatic heterocycles. The summed E-state index contributed by atoms with van der Waals surface area (Å²) in [5.74, 6) is 0.868. The first-order chi connectivity index (χ1) is 7.90. The van der Waals surface area contributed by atoms with E-state index in [-0.39, 0.29) is 0 Å². The van der Waals surface area contributed by atoms with Gasteiger partial charge in [0.15, 0.2) is 0 Å². The lowest BCUT2D eigenvalue weighted by Crippen LogP contribution is -2.44. The fraction of sp³-hybridized carbons (Fsp3) is 1.00. The van der Waals surface area contributed by atoms with E-state index in [9.17, 15) is 0 Å². The van der Waals surface area contributed by atoms with Gasteiger partial charge >= 0.3 is 0 Å². The van der Waals surface area contributed by atoms with Gasteiger partial charge in [-0.1, -0.05) is 6.42 Å². The van der Waals surface area contributed by atoms with Crippen LogP contribution in [0.3, 0.4) is 0 Å². The monoisotopic (exact) mass is 226 g/mol. The highest BCUT2D eigenvalue weighted by molar-refractivity contribution is 4.80. The minimum absolute atomic E-state index is 0.765. The Morgan fingerprint density at radius 3 is 2.69 bits per heavy atom. The minimum Gasteiger partial charge on any atom is -0.381 e. The normalized spacial score (nSPS) is 29.4. The molecular formula is C13H26N2O. The van der Waals surface area contributed by atoms with E-state index in [0.29, 0.717) is 0 Å². The summed E-state index contributed by atoms with van der Waals surface area (Å²) in [5.41, 5.74) is 5.71. The van der Waals surface area contributed by atoms with Crippen LogP contribution in [0.4, 0.5) is 0 Å². The fourth-order valence-electron chi connectivity index (χ4n) is 3.08. The Hall–Kier alpha value is -0.120. The molecule has 0 radical (unpaired) electrons. The molecule has 0 saturated carbocycles. The first-order valence-corrected chi connectivity index (χ1v) is 6.92. The molecule has 3 heteroatoms. The maximum atomic E-state index is 5.71. The SMILES string of the molecule is NCCC1CCCCN1CC1CCOCC1. The summed E-state index contributed by atoms with van der Waals surface area (Å²) in [4.78, 5) is 2.70. The third-order valence-electron chi connectivity index (χ3n) is 4.08. The number of nitrogens with two attached hydrogens (primary N) is 1. The Morgan fingerprint density at radius 2 is 1.94 bits per heavy atom. The molecule has 1 atom stereocenters. The van der Waals surface area contributed by atoms with Crippen LogP contribution in [0.25, 0.3) is 0 Å². The van der Waals surface area contributed by atoms with Crippen LogP contribution in [0.2, 0.25) is 0 Å². The summed E-state index contributed by atoms with van der Waals surface area (Å²) in [6, 6.07) is 0.765. The molecule has 2 N–H and O–H groups in total. The van der Waals surface area contributed by atoms with Gasteiger partial charge in [0.05, 0.1) is 0 Å². The zero-order valence-electron chi connectivity index (χ0n) is 10.4. The largest absolute Gasteiger partial charge is 0.381 e. The van der Waals surface area contributed by atoms with Crippen LogP contribution < -0.4 is 5.73 Å². The van der Waals surface area contributed by atoms with Crippen molar-refractivity contribution in [3.63, 3.8) is 0 Å². The third-order valence-corrected chi connectivity index (χ3v) is 4.08. The molecule has 0 amide bonds. The molecule has 2 fully saturated rings. The smallest absolute Gasteiger partial charge is 0.0469 e. The van der Waals surface area contributed by atoms with Crippen LogP contribution in [0.5, 0.6) is 0 Å². The van der Waals surface area contributed by atoms with Gasteiger partial charge in [0.2, 0.25) is 0 Å². The highest BCUT2D eigenvalue weighted by Crippen LogP contribution is 2.23. The molecule has 94 valence electrons. The van der Waals surface area contributed by atoms with Gasteiger partial charge in [0.1, 0.15) is 0 Å². The van der Waals surface area contributed by atoms with Crippen LogP contribution >= 0.6 is 0 Å². The molecule has 2 rings (SSSR count). The predicted molar refractivity (Wildman–Crippen MR) is 66.4 cm³/mol. The number of hydrogen-bond donors (Lipinski definition) is 1. The second-order valence-electron chi connectivity index (χ2n) is 5.28. The number of ether oxygens (including phenoxy) is 1. The van der Waals surface area contributed by atoms with Crippen LogP contribution in [0.15, 0.2) is 0 Å². The molecule has 16 heavy (non-hydrogen) atoms. The van der Waals surface area contributed by atoms with Crippen LogP contribution in [0.1, 0.15) is 38.5 Å². The maximum absolute atomic E-state index is 5.71. The van der Waals surface area contributed by atoms with Gasteiger partial charge in [-0.25, -0.2) is 0 Å². The van der Waals surface area contributed by atoms with E-state index >= 15 is 0 Å². The van der Waals surface area contributed by atoms with E-state index in [1.165, 1.54) is 51.6 Å². The summed E-state index contributed by atoms with van der Waals surface area (Å²) in [5, 5.41) is 0. The van der Waals surface area contributed by atoms with Crippen LogP contribution in [-0.2, 0) is 4.74 Å². The first kappa shape index (κ1) is 12.3. The summed E-state index contributed by atoms with van der Waals surface area (Å²) < 4.78 is 5.42. The number of rotatable bonds is 4. The zero-order chi connectivity index (χ0) is 11.2. The predicted octanol–water partition coefficient (Wildman–Crippen LogP) is 1.62. The van der Waals surface area contributed by atoms with Crippen molar-refractivity contribution in [2.45, 2.75) is 44.6 Å². The van der Waals surface area contributed by atoms with E-state index in [0.717, 1.165) is 31.7 Å². The molecule has 2 aliphatic rings. The zero-order valence-corrected chi connectivity index (χ0v) is 10.4. The lowest BCUT2D eigenvalue weighted by Gasteiger charge is -2.38. The fourth-order valence-corrected chi connectivity index (χ4v) is 3.08. The Kier molecular flexibility index (Phi) is 5.07. The van der Waals surface area contributed by atoms with Crippen molar-refractivity contribution in [1.82, 2.24) is 4.90 Å². The van der Waals surface area contributed by atoms with Gasteiger partial charge in [-0.05, 0) is 51.1 Å². The van der Waals surface area contributed by atoms with Crippen molar-refractivity contribution in [3.8, 4) is 0 Å². The van der Waals surface area contributed by atoms with Crippen molar-refractivity contribution in [2.75, 3.05) is 32.8 Å². The summed E-state index contributed by atoms with van der Waals surface area (Å²) in [7, 11) is 0. The van der Waals surface area contributed by atoms with Gasteiger partial charge < -0.3 is 15.4 Å².